The van der Waals surface area contributed by atoms with Crippen LogP contribution in [0.25, 0.3) is 22.9 Å². The number of nitrogens with two attached hydrogens (primary N) is 1. The van der Waals surface area contributed by atoms with E-state index in [0.717, 1.165) is 10.5 Å². The van der Waals surface area contributed by atoms with E-state index in [9.17, 15) is 4.79 Å². The van der Waals surface area contributed by atoms with Crippen LogP contribution in [0.2, 0.25) is 10.0 Å². The molecule has 0 bridgehead atoms. The normalized spacial score (nSPS) is 11.1. The number of carbonyl (C=O) groups is 1. The van der Waals surface area contributed by atoms with Crippen LogP contribution in [-0.2, 0) is 0 Å². The van der Waals surface area contributed by atoms with E-state index in [4.69, 9.17) is 28.9 Å². The second-order valence-corrected chi connectivity index (χ2v) is 7.76. The predicted octanol–water partition coefficient (Wildman–Crippen LogP) is 3.22. The van der Waals surface area contributed by atoms with E-state index in [2.05, 4.69) is 35.7 Å². The first kappa shape index (κ1) is 20.8. The minimum Gasteiger partial charge on any atom is -0.364 e. The van der Waals surface area contributed by atoms with Crippen LogP contribution < -0.4 is 11.1 Å². The Bertz CT molecular complexity index is 1490. The number of carbonyl (C=O) groups excluding carboxylic acids is 1. The minimum atomic E-state index is -0.768. The van der Waals surface area contributed by atoms with Crippen molar-refractivity contribution in [1.29, 1.82) is 0 Å². The van der Waals surface area contributed by atoms with Gasteiger partial charge >= 0.3 is 0 Å². The number of fused-ring (bicyclic) bond motifs is 1. The average Bonchev–Trinajstić information content (AvgIpc) is 3.40. The molecule has 4 aromatic heterocycles. The van der Waals surface area contributed by atoms with Crippen molar-refractivity contribution in [3.63, 3.8) is 0 Å². The van der Waals surface area contributed by atoms with Gasteiger partial charge in [0.05, 0.1) is 28.1 Å². The summed E-state index contributed by atoms with van der Waals surface area (Å²) in [5.74, 6) is -0.0630. The number of benzene rings is 1. The molecule has 3 N–H and O–H groups in total. The predicted molar refractivity (Wildman–Crippen MR) is 122 cm³/mol. The number of nitrogens with one attached hydrogen (secondary N) is 1. The molecular weight excluding hydrogens is 467 g/mol. The zero-order valence-corrected chi connectivity index (χ0v) is 18.4. The highest BCUT2D eigenvalue weighted by Crippen LogP contribution is 2.29. The van der Waals surface area contributed by atoms with Crippen molar-refractivity contribution in [2.24, 2.45) is 5.73 Å². The highest BCUT2D eigenvalue weighted by Gasteiger charge is 2.20. The van der Waals surface area contributed by atoms with Gasteiger partial charge in [0.15, 0.2) is 23.0 Å². The van der Waals surface area contributed by atoms with Crippen molar-refractivity contribution in [3.05, 3.63) is 70.4 Å². The quantitative estimate of drug-likeness (QED) is 0.390. The third-order valence-electron chi connectivity index (χ3n) is 4.73. The lowest BCUT2D eigenvalue weighted by molar-refractivity contribution is 0.0996. The summed E-state index contributed by atoms with van der Waals surface area (Å²) >= 11 is 12.5. The maximum absolute atomic E-state index is 12.0. The first-order chi connectivity index (χ1) is 15.9. The Morgan fingerprint density at radius 2 is 1.82 bits per heavy atom. The monoisotopic (exact) mass is 480 g/mol. The van der Waals surface area contributed by atoms with E-state index in [-0.39, 0.29) is 11.5 Å². The van der Waals surface area contributed by atoms with Gasteiger partial charge in [0.25, 0.3) is 5.91 Å². The molecule has 164 valence electrons. The van der Waals surface area contributed by atoms with E-state index in [1.807, 2.05) is 11.3 Å². The Hall–Kier alpha value is -4.09. The molecule has 1 amide bonds. The maximum atomic E-state index is 12.0. The summed E-state index contributed by atoms with van der Waals surface area (Å²) < 4.78 is 1.85. The first-order valence-corrected chi connectivity index (χ1v) is 10.3. The molecule has 4 heterocycles. The molecule has 5 aromatic rings. The summed E-state index contributed by atoms with van der Waals surface area (Å²) in [7, 11) is 0. The minimum absolute atomic E-state index is 0.0818. The molecule has 5 rings (SSSR count). The van der Waals surface area contributed by atoms with Crippen molar-refractivity contribution in [2.45, 2.75) is 6.92 Å². The number of primary amides is 1. The van der Waals surface area contributed by atoms with Crippen molar-refractivity contribution in [2.75, 3.05) is 5.32 Å². The largest absolute Gasteiger partial charge is 0.364 e. The highest BCUT2D eigenvalue weighted by molar-refractivity contribution is 6.37. The molecule has 0 aliphatic carbocycles. The summed E-state index contributed by atoms with van der Waals surface area (Å²) in [5.41, 5.74) is 8.38. The summed E-state index contributed by atoms with van der Waals surface area (Å²) in [6.45, 7) is 1.91. The number of aryl methyl sites for hydroxylation is 1. The number of para-hydroxylation sites is 1. The summed E-state index contributed by atoms with van der Waals surface area (Å²) in [6, 6.07) is 8.48. The van der Waals surface area contributed by atoms with Crippen molar-refractivity contribution in [1.82, 2.24) is 39.6 Å². The highest BCUT2D eigenvalue weighted by atomic mass is 35.5. The molecule has 0 saturated heterocycles. The number of rotatable bonds is 5. The van der Waals surface area contributed by atoms with Crippen molar-refractivity contribution in [3.8, 4) is 17.2 Å². The van der Waals surface area contributed by atoms with Gasteiger partial charge < -0.3 is 11.1 Å². The number of pyridine rings is 1. The molecule has 33 heavy (non-hydrogen) atoms. The number of halogens is 2. The molecule has 0 aliphatic heterocycles. The fourth-order valence-corrected chi connectivity index (χ4v) is 3.79. The molecule has 13 heteroatoms. The molecule has 1 aromatic carbocycles. The molecule has 0 fully saturated rings. The zero-order valence-electron chi connectivity index (χ0n) is 16.9. The number of hydrogen-bond acceptors (Lipinski definition) is 8. The van der Waals surface area contributed by atoms with E-state index >= 15 is 0 Å². The van der Waals surface area contributed by atoms with Crippen LogP contribution in [-0.4, -0.2) is 45.5 Å². The van der Waals surface area contributed by atoms with Gasteiger partial charge in [-0.05, 0) is 31.2 Å². The van der Waals surface area contributed by atoms with E-state index in [0.29, 0.717) is 38.6 Å². The van der Waals surface area contributed by atoms with Gasteiger partial charge in [-0.2, -0.15) is 0 Å². The Balaban J connectivity index is 1.48. The van der Waals surface area contributed by atoms with Crippen molar-refractivity contribution >= 4 is 46.3 Å². The Morgan fingerprint density at radius 1 is 1.03 bits per heavy atom. The van der Waals surface area contributed by atoms with Crippen LogP contribution in [0.4, 0.5) is 11.5 Å². The lowest BCUT2D eigenvalue weighted by Crippen LogP contribution is -2.14. The average molecular weight is 481 g/mol. The fourth-order valence-electron chi connectivity index (χ4n) is 3.24. The van der Waals surface area contributed by atoms with Crippen LogP contribution in [0, 0.1) is 6.92 Å². The Morgan fingerprint density at radius 3 is 2.52 bits per heavy atom. The maximum Gasteiger partial charge on any atom is 0.273 e. The van der Waals surface area contributed by atoms with Gasteiger partial charge in [-0.3, -0.25) is 19.2 Å². The van der Waals surface area contributed by atoms with Crippen LogP contribution in [0.3, 0.4) is 0 Å². The van der Waals surface area contributed by atoms with Gasteiger partial charge in [-0.1, -0.05) is 29.3 Å². The lowest BCUT2D eigenvalue weighted by Gasteiger charge is -2.06. The summed E-state index contributed by atoms with van der Waals surface area (Å²) in [4.78, 5) is 21.7. The van der Waals surface area contributed by atoms with Gasteiger partial charge in [0, 0.05) is 11.9 Å². The lowest BCUT2D eigenvalue weighted by atomic mass is 10.3. The summed E-state index contributed by atoms with van der Waals surface area (Å²) in [5, 5.41) is 20.4. The van der Waals surface area contributed by atoms with Crippen LogP contribution in [0.5, 0.6) is 0 Å². The number of hydrogen-bond donors (Lipinski definition) is 2. The van der Waals surface area contributed by atoms with Crippen LogP contribution in [0.1, 0.15) is 16.2 Å². The van der Waals surface area contributed by atoms with Gasteiger partial charge in [0.2, 0.25) is 0 Å². The molecule has 0 spiro atoms. The first-order valence-electron chi connectivity index (χ1n) is 9.53. The molecule has 0 unspecified atom stereocenters. The third-order valence-corrected chi connectivity index (χ3v) is 5.34. The smallest absolute Gasteiger partial charge is 0.273 e. The molecule has 11 nitrogen and oxygen atoms in total. The Labute approximate surface area is 196 Å². The fraction of sp³-hybridized carbons (Fsp3) is 0.0500. The molecular formula is C20H14Cl2N10O. The molecule has 0 atom stereocenters. The Kier molecular flexibility index (Phi) is 5.11. The number of amides is 1. The summed E-state index contributed by atoms with van der Waals surface area (Å²) in [6.07, 6.45) is 4.91. The van der Waals surface area contributed by atoms with Crippen LogP contribution in [0.15, 0.2) is 48.9 Å². The van der Waals surface area contributed by atoms with Gasteiger partial charge in [-0.15, -0.1) is 25.2 Å². The third kappa shape index (κ3) is 3.73. The van der Waals surface area contributed by atoms with E-state index in [1.54, 1.807) is 48.9 Å². The number of anilines is 2. The number of aromatic nitrogens is 8. The molecule has 0 radical (unpaired) electrons. The second kappa shape index (κ2) is 8.11. The molecule has 0 aliphatic rings. The van der Waals surface area contributed by atoms with Gasteiger partial charge in [0.1, 0.15) is 11.4 Å². The van der Waals surface area contributed by atoms with Crippen LogP contribution >= 0.6 is 23.2 Å². The standard InChI is InChI=1S/C20H14Cl2N10O/c1-10-7-24-9-15-27-28-20(31(10)15)14-6-5-11(8-25-14)26-19-16(18(23)33)29-32(30-19)17-12(21)3-2-4-13(17)22/h2-9H,1H3,(H2,23,33)(H,26,30). The molecule has 0 saturated carbocycles. The second-order valence-electron chi connectivity index (χ2n) is 6.94. The SMILES string of the molecule is Cc1cncc2nnc(-c3ccc(Nc4nn(-c5c(Cl)cccc5Cl)nc4C(N)=O)cn3)n12. The van der Waals surface area contributed by atoms with E-state index < -0.39 is 5.91 Å². The van der Waals surface area contributed by atoms with Gasteiger partial charge in [-0.25, -0.2) is 0 Å². The number of nitrogens with zero attached hydrogens (tertiary/aromatic N) is 8. The van der Waals surface area contributed by atoms with Crippen molar-refractivity contribution < 1.29 is 4.79 Å². The zero-order chi connectivity index (χ0) is 23.1. The topological polar surface area (TPSA) is 142 Å². The van der Waals surface area contributed by atoms with E-state index in [1.165, 1.54) is 0 Å².